The van der Waals surface area contributed by atoms with Crippen molar-refractivity contribution in [3.05, 3.63) is 82.0 Å². The van der Waals surface area contributed by atoms with Crippen molar-refractivity contribution in [1.29, 1.82) is 0 Å². The van der Waals surface area contributed by atoms with Gasteiger partial charge in [0.2, 0.25) is 5.16 Å². The molecule has 0 spiro atoms. The third-order valence-corrected chi connectivity index (χ3v) is 5.62. The molecule has 2 aromatic carbocycles. The molecule has 0 aliphatic carbocycles. The van der Waals surface area contributed by atoms with Crippen LogP contribution in [0.4, 0.5) is 0 Å². The summed E-state index contributed by atoms with van der Waals surface area (Å²) in [7, 11) is 0. The minimum absolute atomic E-state index is 0.442. The molecule has 0 aliphatic rings. The highest BCUT2D eigenvalue weighted by Crippen LogP contribution is 2.22. The SMILES string of the molecule is Clc1ccc(OCc2nc(CSc3ncn(-c4ccccc4)n3)cs2)cc1. The molecular weight excluding hydrogens is 400 g/mol. The Labute approximate surface area is 170 Å². The van der Waals surface area contributed by atoms with Crippen LogP contribution in [0, 0.1) is 0 Å². The first-order chi connectivity index (χ1) is 13.3. The molecule has 0 amide bonds. The second-order valence-electron chi connectivity index (χ2n) is 5.57. The van der Waals surface area contributed by atoms with Gasteiger partial charge < -0.3 is 4.74 Å². The Balaban J connectivity index is 1.31. The van der Waals surface area contributed by atoms with E-state index in [2.05, 4.69) is 15.1 Å². The highest BCUT2D eigenvalue weighted by Gasteiger charge is 2.07. The van der Waals surface area contributed by atoms with Crippen molar-refractivity contribution >= 4 is 34.7 Å². The summed E-state index contributed by atoms with van der Waals surface area (Å²) in [6.07, 6.45) is 1.73. The van der Waals surface area contributed by atoms with Crippen molar-refractivity contribution in [2.45, 2.75) is 17.5 Å². The average molecular weight is 415 g/mol. The summed E-state index contributed by atoms with van der Waals surface area (Å²) in [6.45, 7) is 0.442. The zero-order valence-electron chi connectivity index (χ0n) is 14.2. The van der Waals surface area contributed by atoms with Crippen LogP contribution in [0.3, 0.4) is 0 Å². The molecule has 27 heavy (non-hydrogen) atoms. The van der Waals surface area contributed by atoms with E-state index < -0.39 is 0 Å². The van der Waals surface area contributed by atoms with E-state index in [1.54, 1.807) is 34.1 Å². The quantitative estimate of drug-likeness (QED) is 0.386. The van der Waals surface area contributed by atoms with Crippen molar-refractivity contribution < 1.29 is 4.74 Å². The summed E-state index contributed by atoms with van der Waals surface area (Å²) < 4.78 is 7.50. The first kappa shape index (κ1) is 18.0. The highest BCUT2D eigenvalue weighted by atomic mass is 35.5. The number of rotatable bonds is 7. The van der Waals surface area contributed by atoms with E-state index in [1.165, 1.54) is 0 Å². The monoisotopic (exact) mass is 414 g/mol. The smallest absolute Gasteiger partial charge is 0.209 e. The fraction of sp³-hybridized carbons (Fsp3) is 0.105. The van der Waals surface area contributed by atoms with E-state index in [9.17, 15) is 0 Å². The van der Waals surface area contributed by atoms with Crippen LogP contribution in [0.25, 0.3) is 5.69 Å². The van der Waals surface area contributed by atoms with Gasteiger partial charge in [-0.2, -0.15) is 0 Å². The second kappa shape index (κ2) is 8.56. The van der Waals surface area contributed by atoms with Gasteiger partial charge in [-0.15, -0.1) is 16.4 Å². The Morgan fingerprint density at radius 2 is 1.89 bits per heavy atom. The molecule has 2 heterocycles. The van der Waals surface area contributed by atoms with Gasteiger partial charge in [0, 0.05) is 16.2 Å². The van der Waals surface area contributed by atoms with Gasteiger partial charge in [-0.1, -0.05) is 41.6 Å². The van der Waals surface area contributed by atoms with Crippen molar-refractivity contribution in [2.24, 2.45) is 0 Å². The van der Waals surface area contributed by atoms with Crippen LogP contribution in [-0.2, 0) is 12.4 Å². The van der Waals surface area contributed by atoms with Crippen LogP contribution >= 0.6 is 34.7 Å². The third-order valence-electron chi connectivity index (χ3n) is 3.62. The minimum atomic E-state index is 0.442. The number of hydrogen-bond acceptors (Lipinski definition) is 6. The molecule has 0 N–H and O–H groups in total. The fourth-order valence-electron chi connectivity index (χ4n) is 2.32. The van der Waals surface area contributed by atoms with E-state index in [1.807, 2.05) is 60.0 Å². The molecule has 136 valence electrons. The maximum atomic E-state index is 5.87. The molecule has 4 rings (SSSR count). The molecule has 0 unspecified atom stereocenters. The summed E-state index contributed by atoms with van der Waals surface area (Å²) >= 11 is 9.03. The molecule has 0 atom stereocenters. The van der Waals surface area contributed by atoms with Crippen molar-refractivity contribution in [3.63, 3.8) is 0 Å². The van der Waals surface area contributed by atoms with Crippen molar-refractivity contribution in [2.75, 3.05) is 0 Å². The van der Waals surface area contributed by atoms with Crippen molar-refractivity contribution in [1.82, 2.24) is 19.7 Å². The lowest BCUT2D eigenvalue weighted by molar-refractivity contribution is 0.305. The molecule has 0 fully saturated rings. The number of hydrogen-bond donors (Lipinski definition) is 0. The van der Waals surface area contributed by atoms with Gasteiger partial charge >= 0.3 is 0 Å². The molecule has 4 aromatic rings. The van der Waals surface area contributed by atoms with Crippen LogP contribution < -0.4 is 4.74 Å². The lowest BCUT2D eigenvalue weighted by atomic mass is 10.3. The van der Waals surface area contributed by atoms with Gasteiger partial charge in [-0.05, 0) is 36.4 Å². The van der Waals surface area contributed by atoms with Gasteiger partial charge in [-0.3, -0.25) is 0 Å². The second-order valence-corrected chi connectivity index (χ2v) is 7.89. The maximum absolute atomic E-state index is 5.87. The maximum Gasteiger partial charge on any atom is 0.209 e. The molecule has 0 bridgehead atoms. The van der Waals surface area contributed by atoms with Gasteiger partial charge in [0.25, 0.3) is 0 Å². The number of nitrogens with zero attached hydrogens (tertiary/aromatic N) is 4. The van der Waals surface area contributed by atoms with Gasteiger partial charge in [0.1, 0.15) is 23.7 Å². The van der Waals surface area contributed by atoms with Gasteiger partial charge in [-0.25, -0.2) is 14.6 Å². The number of thioether (sulfide) groups is 1. The predicted molar refractivity (Wildman–Crippen MR) is 109 cm³/mol. The topological polar surface area (TPSA) is 52.8 Å². The number of aromatic nitrogens is 4. The Kier molecular flexibility index (Phi) is 5.72. The Morgan fingerprint density at radius 1 is 1.07 bits per heavy atom. The standard InChI is InChI=1S/C19H15ClN4OS2/c20-14-6-8-17(9-7-14)25-10-18-22-15(11-26-18)12-27-19-21-13-24(23-19)16-4-2-1-3-5-16/h1-9,11,13H,10,12H2. The van der Waals surface area contributed by atoms with Crippen LogP contribution in [-0.4, -0.2) is 19.7 Å². The van der Waals surface area contributed by atoms with Crippen LogP contribution in [0.15, 0.2) is 71.5 Å². The summed E-state index contributed by atoms with van der Waals surface area (Å²) in [5, 5.41) is 8.89. The van der Waals surface area contributed by atoms with E-state index in [4.69, 9.17) is 16.3 Å². The minimum Gasteiger partial charge on any atom is -0.486 e. The Hall–Kier alpha value is -2.35. The van der Waals surface area contributed by atoms with E-state index >= 15 is 0 Å². The molecule has 0 saturated heterocycles. The fourth-order valence-corrected chi connectivity index (χ4v) is 3.94. The summed E-state index contributed by atoms with van der Waals surface area (Å²) in [6, 6.07) is 17.2. The molecule has 5 nitrogen and oxygen atoms in total. The van der Waals surface area contributed by atoms with E-state index in [0.29, 0.717) is 11.6 Å². The van der Waals surface area contributed by atoms with Gasteiger partial charge in [0.15, 0.2) is 0 Å². The largest absolute Gasteiger partial charge is 0.486 e. The molecule has 0 radical (unpaired) electrons. The molecule has 0 aliphatic heterocycles. The van der Waals surface area contributed by atoms with Crippen LogP contribution in [0.2, 0.25) is 5.02 Å². The average Bonchev–Trinajstić information content (AvgIpc) is 3.36. The molecular formula is C19H15ClN4OS2. The number of thiazole rings is 1. The van der Waals surface area contributed by atoms with Crippen LogP contribution in [0.1, 0.15) is 10.7 Å². The predicted octanol–water partition coefficient (Wildman–Crippen LogP) is 5.25. The third kappa shape index (κ3) is 4.88. The lowest BCUT2D eigenvalue weighted by Crippen LogP contribution is -1.95. The summed E-state index contributed by atoms with van der Waals surface area (Å²) in [5.41, 5.74) is 1.99. The number of benzene rings is 2. The lowest BCUT2D eigenvalue weighted by Gasteiger charge is -2.03. The molecule has 2 aromatic heterocycles. The Morgan fingerprint density at radius 3 is 2.70 bits per heavy atom. The first-order valence-electron chi connectivity index (χ1n) is 8.18. The first-order valence-corrected chi connectivity index (χ1v) is 10.4. The number of ether oxygens (including phenoxy) is 1. The summed E-state index contributed by atoms with van der Waals surface area (Å²) in [4.78, 5) is 8.96. The van der Waals surface area contributed by atoms with Gasteiger partial charge in [0.05, 0.1) is 11.4 Å². The number of halogens is 1. The molecule has 0 saturated carbocycles. The zero-order valence-corrected chi connectivity index (χ0v) is 16.5. The molecule has 8 heteroatoms. The highest BCUT2D eigenvalue weighted by molar-refractivity contribution is 7.98. The Bertz CT molecular complexity index is 1000. The van der Waals surface area contributed by atoms with Crippen molar-refractivity contribution in [3.8, 4) is 11.4 Å². The van der Waals surface area contributed by atoms with E-state index in [0.717, 1.165) is 33.0 Å². The van der Waals surface area contributed by atoms with E-state index in [-0.39, 0.29) is 0 Å². The van der Waals surface area contributed by atoms with Crippen LogP contribution in [0.5, 0.6) is 5.75 Å². The normalized spacial score (nSPS) is 10.9. The number of para-hydroxylation sites is 1. The zero-order chi connectivity index (χ0) is 18.5. The summed E-state index contributed by atoms with van der Waals surface area (Å²) in [5.74, 6) is 1.50.